The highest BCUT2D eigenvalue weighted by atomic mass is 35.5. The second kappa shape index (κ2) is 14.2. The predicted octanol–water partition coefficient (Wildman–Crippen LogP) is 3.98. The van der Waals surface area contributed by atoms with Gasteiger partial charge in [-0.05, 0) is 56.0 Å². The summed E-state index contributed by atoms with van der Waals surface area (Å²) in [5.74, 6) is -3.64. The molecule has 2 N–H and O–H groups in total. The van der Waals surface area contributed by atoms with Gasteiger partial charge in [-0.3, -0.25) is 19.2 Å². The van der Waals surface area contributed by atoms with Gasteiger partial charge in [0.15, 0.2) is 0 Å². The Morgan fingerprint density at radius 1 is 1.17 bits per heavy atom. The summed E-state index contributed by atoms with van der Waals surface area (Å²) in [5.41, 5.74) is -0.0514. The maximum atomic E-state index is 14.5. The Morgan fingerprint density at radius 2 is 1.89 bits per heavy atom. The number of ether oxygens (including phenoxy) is 2. The molecule has 0 radical (unpaired) electrons. The SMILES string of the molecule is C=CCCC(=O)NC[C@@H](OC(=O)[C@@H]1[C@@H]2CC[C@]3(O2)[C@H](C(=O)N(CC=C)c2ccc(Cl)cc2)N([C@H](C)CO)C(=O)[C@@H]13)c1ccccc1. The van der Waals surface area contributed by atoms with Crippen molar-refractivity contribution >= 4 is 41.0 Å². The van der Waals surface area contributed by atoms with Gasteiger partial charge in [0.25, 0.3) is 5.91 Å². The van der Waals surface area contributed by atoms with Gasteiger partial charge in [0.1, 0.15) is 17.7 Å². The third kappa shape index (κ3) is 6.21. The molecule has 0 aromatic heterocycles. The van der Waals surface area contributed by atoms with Gasteiger partial charge in [-0.25, -0.2) is 0 Å². The van der Waals surface area contributed by atoms with E-state index in [4.69, 9.17) is 21.1 Å². The van der Waals surface area contributed by atoms with Crippen LogP contribution in [-0.2, 0) is 28.7 Å². The molecule has 5 rings (SSSR count). The molecule has 2 bridgehead atoms. The van der Waals surface area contributed by atoms with Crippen LogP contribution in [-0.4, -0.2) is 77.2 Å². The van der Waals surface area contributed by atoms with Crippen molar-refractivity contribution in [1.82, 2.24) is 10.2 Å². The van der Waals surface area contributed by atoms with Gasteiger partial charge in [-0.2, -0.15) is 0 Å². The first-order chi connectivity index (χ1) is 22.2. The van der Waals surface area contributed by atoms with Crippen LogP contribution in [0.1, 0.15) is 44.3 Å². The lowest BCUT2D eigenvalue weighted by Gasteiger charge is -2.38. The summed E-state index contributed by atoms with van der Waals surface area (Å²) in [5, 5.41) is 13.5. The Bertz CT molecular complexity index is 1470. The van der Waals surface area contributed by atoms with Crippen LogP contribution in [0.15, 0.2) is 79.9 Å². The van der Waals surface area contributed by atoms with Crippen LogP contribution in [0.4, 0.5) is 5.69 Å². The summed E-state index contributed by atoms with van der Waals surface area (Å²) >= 11 is 6.11. The number of benzene rings is 2. The minimum Gasteiger partial charge on any atom is -0.455 e. The number of hydrogen-bond donors (Lipinski definition) is 2. The van der Waals surface area contributed by atoms with E-state index in [1.54, 1.807) is 55.5 Å². The molecule has 10 nitrogen and oxygen atoms in total. The highest BCUT2D eigenvalue weighted by Gasteiger charge is 2.75. The number of nitrogens with one attached hydrogen (secondary N) is 1. The number of aliphatic hydroxyl groups is 1. The summed E-state index contributed by atoms with van der Waals surface area (Å²) in [6.45, 7) is 8.93. The number of hydrogen-bond acceptors (Lipinski definition) is 7. The van der Waals surface area contributed by atoms with Gasteiger partial charge in [-0.15, -0.1) is 13.2 Å². The van der Waals surface area contributed by atoms with E-state index in [-0.39, 0.29) is 32.0 Å². The zero-order chi connectivity index (χ0) is 33.0. The number of halogens is 1. The van der Waals surface area contributed by atoms with E-state index in [0.717, 1.165) is 0 Å². The summed E-state index contributed by atoms with van der Waals surface area (Å²) in [4.78, 5) is 58.1. The van der Waals surface area contributed by atoms with Crippen molar-refractivity contribution in [2.75, 3.05) is 24.6 Å². The maximum absolute atomic E-state index is 14.5. The van der Waals surface area contributed by atoms with E-state index < -0.39 is 59.5 Å². The molecule has 3 aliphatic heterocycles. The fourth-order valence-electron chi connectivity index (χ4n) is 7.06. The number of esters is 1. The number of amides is 3. The molecule has 7 atom stereocenters. The Labute approximate surface area is 274 Å². The van der Waals surface area contributed by atoms with Crippen LogP contribution in [0.5, 0.6) is 0 Å². The van der Waals surface area contributed by atoms with Crippen LogP contribution in [0.3, 0.4) is 0 Å². The van der Waals surface area contributed by atoms with Crippen LogP contribution in [0.25, 0.3) is 0 Å². The second-order valence-corrected chi connectivity index (χ2v) is 12.5. The van der Waals surface area contributed by atoms with Crippen LogP contribution in [0.2, 0.25) is 5.02 Å². The van der Waals surface area contributed by atoms with Gasteiger partial charge in [0.05, 0.1) is 37.1 Å². The van der Waals surface area contributed by atoms with E-state index in [2.05, 4.69) is 18.5 Å². The molecular formula is C35H40ClN3O7. The Kier molecular flexibility index (Phi) is 10.3. The van der Waals surface area contributed by atoms with Crippen LogP contribution in [0, 0.1) is 11.8 Å². The Morgan fingerprint density at radius 3 is 2.54 bits per heavy atom. The molecule has 3 heterocycles. The van der Waals surface area contributed by atoms with Crippen molar-refractivity contribution in [2.45, 2.75) is 62.5 Å². The van der Waals surface area contributed by atoms with Crippen molar-refractivity contribution < 1.29 is 33.8 Å². The second-order valence-electron chi connectivity index (χ2n) is 12.0. The number of allylic oxidation sites excluding steroid dienone is 1. The minimum atomic E-state index is -1.29. The molecule has 1 spiro atoms. The summed E-state index contributed by atoms with van der Waals surface area (Å²) in [7, 11) is 0. The molecule has 46 heavy (non-hydrogen) atoms. The number of rotatable bonds is 14. The zero-order valence-corrected chi connectivity index (χ0v) is 26.6. The van der Waals surface area contributed by atoms with Gasteiger partial charge in [-0.1, -0.05) is 54.1 Å². The molecule has 0 unspecified atom stereocenters. The van der Waals surface area contributed by atoms with Crippen LogP contribution >= 0.6 is 11.6 Å². The normalized spacial score (nSPS) is 25.8. The molecule has 3 aliphatic rings. The predicted molar refractivity (Wildman–Crippen MR) is 173 cm³/mol. The number of fused-ring (bicyclic) bond motifs is 1. The molecule has 11 heteroatoms. The first-order valence-electron chi connectivity index (χ1n) is 15.6. The average molecular weight is 650 g/mol. The first-order valence-corrected chi connectivity index (χ1v) is 16.0. The van der Waals surface area contributed by atoms with E-state index in [9.17, 15) is 24.3 Å². The number of aliphatic hydroxyl groups excluding tert-OH is 1. The quantitative estimate of drug-likeness (QED) is 0.234. The Hall–Kier alpha value is -3.99. The summed E-state index contributed by atoms with van der Waals surface area (Å²) < 4.78 is 12.6. The number of nitrogens with zero attached hydrogens (tertiary/aromatic N) is 2. The maximum Gasteiger partial charge on any atom is 0.313 e. The smallest absolute Gasteiger partial charge is 0.313 e. The third-order valence-corrected chi connectivity index (χ3v) is 9.44. The van der Waals surface area contributed by atoms with E-state index in [1.165, 1.54) is 9.80 Å². The molecule has 3 fully saturated rings. The monoisotopic (exact) mass is 649 g/mol. The highest BCUT2D eigenvalue weighted by molar-refractivity contribution is 6.30. The molecule has 2 aromatic rings. The molecular weight excluding hydrogens is 610 g/mol. The summed E-state index contributed by atoms with van der Waals surface area (Å²) in [6, 6.07) is 14.0. The van der Waals surface area contributed by atoms with Crippen molar-refractivity contribution in [3.63, 3.8) is 0 Å². The van der Waals surface area contributed by atoms with Gasteiger partial charge >= 0.3 is 5.97 Å². The van der Waals surface area contributed by atoms with Crippen molar-refractivity contribution in [2.24, 2.45) is 11.8 Å². The van der Waals surface area contributed by atoms with E-state index >= 15 is 0 Å². The number of anilines is 1. The standard InChI is InChI=1S/C35H40ClN3O7/c1-4-6-12-28(41)37-20-27(23-10-8-7-9-11-23)45-34(44)29-26-17-18-35(46-26)30(29)32(42)39(22(3)21-40)31(35)33(43)38(19-5-2)25-15-13-24(36)14-16-25/h4-5,7-11,13-16,22,26-27,29-31,40H,1-2,6,12,17-21H2,3H3,(H,37,41)/t22-,26+,27-,29-,30-,31+,35-/m1/s1. The lowest BCUT2D eigenvalue weighted by Crippen LogP contribution is -2.58. The topological polar surface area (TPSA) is 125 Å². The fraction of sp³-hybridized carbons (Fsp3) is 0.429. The van der Waals surface area contributed by atoms with Crippen molar-refractivity contribution in [1.29, 1.82) is 0 Å². The largest absolute Gasteiger partial charge is 0.455 e. The van der Waals surface area contributed by atoms with E-state index in [0.29, 0.717) is 35.5 Å². The van der Waals surface area contributed by atoms with Crippen LogP contribution < -0.4 is 10.2 Å². The highest BCUT2D eigenvalue weighted by Crippen LogP contribution is 2.59. The van der Waals surface area contributed by atoms with Gasteiger partial charge in [0, 0.05) is 23.7 Å². The van der Waals surface area contributed by atoms with E-state index in [1.807, 2.05) is 18.2 Å². The molecule has 0 saturated carbocycles. The molecule has 3 saturated heterocycles. The molecule has 3 amide bonds. The molecule has 0 aliphatic carbocycles. The number of carbonyl (C=O) groups is 4. The first kappa shape index (κ1) is 33.4. The zero-order valence-electron chi connectivity index (χ0n) is 25.8. The lowest BCUT2D eigenvalue weighted by molar-refractivity contribution is -0.161. The summed E-state index contributed by atoms with van der Waals surface area (Å²) in [6.07, 6.45) is 3.39. The average Bonchev–Trinajstić information content (AvgIpc) is 3.72. The van der Waals surface area contributed by atoms with Crippen molar-refractivity contribution in [3.8, 4) is 0 Å². The van der Waals surface area contributed by atoms with Gasteiger partial charge in [0.2, 0.25) is 11.8 Å². The Balaban J connectivity index is 1.46. The molecule has 2 aromatic carbocycles. The number of likely N-dealkylation sites (tertiary alicyclic amines) is 1. The minimum absolute atomic E-state index is 0.0418. The third-order valence-electron chi connectivity index (χ3n) is 9.19. The number of carbonyl (C=O) groups excluding carboxylic acids is 4. The fourth-order valence-corrected chi connectivity index (χ4v) is 7.19. The van der Waals surface area contributed by atoms with Crippen molar-refractivity contribution in [3.05, 3.63) is 90.5 Å². The lowest BCUT2D eigenvalue weighted by atomic mass is 9.70. The molecule has 244 valence electrons. The van der Waals surface area contributed by atoms with Gasteiger partial charge < -0.3 is 29.7 Å².